The summed E-state index contributed by atoms with van der Waals surface area (Å²) in [5, 5.41) is 10.3. The third-order valence-electron chi connectivity index (χ3n) is 14.2. The van der Waals surface area contributed by atoms with E-state index in [1.54, 1.807) is 13.8 Å². The van der Waals surface area contributed by atoms with Gasteiger partial charge in [0.05, 0.1) is 18.6 Å². The highest BCUT2D eigenvalue weighted by atomic mass is 16.6. The number of hydrogen-bond donors (Lipinski definition) is 2. The fourth-order valence-corrected chi connectivity index (χ4v) is 11.9. The molecule has 8 unspecified atom stereocenters. The molecule has 8 atom stereocenters. The maximum atomic E-state index is 13.7. The highest BCUT2D eigenvalue weighted by Gasteiger charge is 2.67. The monoisotopic (exact) mass is 669 g/mol. The summed E-state index contributed by atoms with van der Waals surface area (Å²) in [6.07, 6.45) is 11.2. The van der Waals surface area contributed by atoms with Crippen LogP contribution in [0.25, 0.3) is 0 Å². The Bertz CT molecular complexity index is 1310. The predicted octanol–water partition coefficient (Wildman–Crippen LogP) is 7.60. The number of aliphatic hydroxyl groups excluding tert-OH is 1. The van der Waals surface area contributed by atoms with Crippen LogP contribution in [0.2, 0.25) is 0 Å². The minimum atomic E-state index is -0.714. The molecule has 0 aromatic carbocycles. The molecule has 270 valence electrons. The highest BCUT2D eigenvalue weighted by Crippen LogP contribution is 2.72. The van der Waals surface area contributed by atoms with Crippen LogP contribution >= 0.6 is 0 Å². The van der Waals surface area contributed by atoms with Crippen molar-refractivity contribution in [3.63, 3.8) is 0 Å². The lowest BCUT2D eigenvalue weighted by Crippen LogP contribution is -2.64. The number of hydrogen-bond acceptors (Lipinski definition) is 7. The Morgan fingerprint density at radius 2 is 1.60 bits per heavy atom. The molecule has 6 aliphatic carbocycles. The van der Waals surface area contributed by atoms with Crippen molar-refractivity contribution in [2.24, 2.45) is 57.2 Å². The van der Waals surface area contributed by atoms with E-state index < -0.39 is 11.0 Å². The molecule has 6 aliphatic rings. The summed E-state index contributed by atoms with van der Waals surface area (Å²) >= 11 is 0. The van der Waals surface area contributed by atoms with Crippen molar-refractivity contribution in [3.05, 3.63) is 11.1 Å². The lowest BCUT2D eigenvalue weighted by molar-refractivity contribution is -0.213. The molecular formula is C40H63NO7. The van der Waals surface area contributed by atoms with Gasteiger partial charge < -0.3 is 24.7 Å². The largest absolute Gasteiger partial charge is 0.462 e. The maximum Gasteiger partial charge on any atom is 0.407 e. The topological polar surface area (TPSA) is 119 Å². The normalized spacial score (nSPS) is 38.4. The van der Waals surface area contributed by atoms with Gasteiger partial charge in [-0.05, 0) is 122 Å². The molecular weight excluding hydrogens is 606 g/mol. The minimum absolute atomic E-state index is 0.111. The van der Waals surface area contributed by atoms with Crippen molar-refractivity contribution in [1.29, 1.82) is 0 Å². The summed E-state index contributed by atoms with van der Waals surface area (Å²) in [6.45, 7) is 18.0. The molecule has 0 aliphatic heterocycles. The average Bonchev–Trinajstić information content (AvgIpc) is 3.79. The standard InChI is InChI=1S/C39H59NO6.CH4O/c1-23(2)32-27(42)19-39(40-34(44)45-21-24-9-10-24)18-13-26-25(33(32)39)11-12-29-37(26,7)16-14-28-36(5,6)30(15-17-38(28,29)8)46-31(43)20-35(3,4)22-41;1-2/h22-26,28-30H,9-21H2,1-8H3,(H,40,44);2H,1H3. The zero-order valence-corrected chi connectivity index (χ0v) is 31.2. The fourth-order valence-electron chi connectivity index (χ4n) is 11.9. The number of alkyl carbamates (subject to hydrolysis) is 1. The molecule has 2 N–H and O–H groups in total. The van der Waals surface area contributed by atoms with Crippen LogP contribution in [0.1, 0.15) is 132 Å². The molecule has 0 bridgehead atoms. The zero-order valence-electron chi connectivity index (χ0n) is 31.2. The number of aldehydes is 1. The summed E-state index contributed by atoms with van der Waals surface area (Å²) in [4.78, 5) is 51.3. The molecule has 6 rings (SSSR count). The number of rotatable bonds is 8. The molecule has 48 heavy (non-hydrogen) atoms. The van der Waals surface area contributed by atoms with E-state index in [4.69, 9.17) is 14.6 Å². The van der Waals surface area contributed by atoms with Crippen LogP contribution in [0.3, 0.4) is 0 Å². The maximum absolute atomic E-state index is 13.7. The molecule has 1 amide bonds. The van der Waals surface area contributed by atoms with Gasteiger partial charge in [-0.2, -0.15) is 0 Å². The average molecular weight is 670 g/mol. The number of carbonyl (C=O) groups excluding carboxylic acids is 4. The molecule has 8 heteroatoms. The lowest BCUT2D eigenvalue weighted by Gasteiger charge is -2.68. The van der Waals surface area contributed by atoms with Crippen molar-refractivity contribution in [2.75, 3.05) is 13.7 Å². The smallest absolute Gasteiger partial charge is 0.407 e. The second-order valence-electron chi connectivity index (χ2n) is 18.4. The first-order valence-corrected chi connectivity index (χ1v) is 18.8. The van der Waals surface area contributed by atoms with Gasteiger partial charge in [0.15, 0.2) is 5.78 Å². The molecule has 0 spiro atoms. The molecule has 0 radical (unpaired) electrons. The fraction of sp³-hybridized carbons (Fsp3) is 0.850. The van der Waals surface area contributed by atoms with Crippen molar-refractivity contribution in [1.82, 2.24) is 5.32 Å². The van der Waals surface area contributed by atoms with Gasteiger partial charge in [0, 0.05) is 24.4 Å². The number of fused-ring (bicyclic) bond motifs is 7. The summed E-state index contributed by atoms with van der Waals surface area (Å²) in [6, 6.07) is 0. The predicted molar refractivity (Wildman–Crippen MR) is 185 cm³/mol. The Hall–Kier alpha value is -2.22. The first kappa shape index (κ1) is 37.0. The SMILES string of the molecule is CC(C)C1=C2C3CCC4C(C)(CCC5C(C)(C)C(OC(=O)CC(C)(C)C=O)CCC54C)C3CCC2(NC(=O)OCC2CC2)CC1=O.CO. The Balaban J connectivity index is 0.00000221. The molecule has 0 saturated heterocycles. The van der Waals surface area contributed by atoms with E-state index in [2.05, 4.69) is 46.9 Å². The Kier molecular flexibility index (Phi) is 10.2. The van der Waals surface area contributed by atoms with Crippen LogP contribution in [0.15, 0.2) is 11.1 Å². The van der Waals surface area contributed by atoms with Crippen LogP contribution < -0.4 is 5.32 Å². The number of allylic oxidation sites excluding steroid dienone is 1. The first-order chi connectivity index (χ1) is 22.5. The van der Waals surface area contributed by atoms with Gasteiger partial charge in [0.1, 0.15) is 12.4 Å². The molecule has 0 heterocycles. The van der Waals surface area contributed by atoms with E-state index in [9.17, 15) is 19.2 Å². The van der Waals surface area contributed by atoms with Crippen LogP contribution in [-0.2, 0) is 23.9 Å². The summed E-state index contributed by atoms with van der Waals surface area (Å²) < 4.78 is 11.8. The second-order valence-corrected chi connectivity index (χ2v) is 18.4. The number of amides is 1. The molecule has 0 aromatic rings. The van der Waals surface area contributed by atoms with E-state index >= 15 is 0 Å². The van der Waals surface area contributed by atoms with Crippen molar-refractivity contribution in [2.45, 2.75) is 144 Å². The number of ether oxygens (including phenoxy) is 2. The van der Waals surface area contributed by atoms with Crippen LogP contribution in [0.4, 0.5) is 4.79 Å². The summed E-state index contributed by atoms with van der Waals surface area (Å²) in [7, 11) is 1.00. The Morgan fingerprint density at radius 3 is 2.23 bits per heavy atom. The number of ketones is 1. The number of nitrogens with one attached hydrogen (secondary N) is 1. The van der Waals surface area contributed by atoms with Crippen LogP contribution in [0.5, 0.6) is 0 Å². The van der Waals surface area contributed by atoms with Gasteiger partial charge >= 0.3 is 12.1 Å². The third-order valence-corrected chi connectivity index (χ3v) is 14.2. The van der Waals surface area contributed by atoms with Gasteiger partial charge in [0.2, 0.25) is 0 Å². The first-order valence-electron chi connectivity index (χ1n) is 18.8. The minimum Gasteiger partial charge on any atom is -0.462 e. The second kappa shape index (κ2) is 13.2. The van der Waals surface area contributed by atoms with Crippen molar-refractivity contribution >= 4 is 24.1 Å². The highest BCUT2D eigenvalue weighted by molar-refractivity contribution is 6.02. The summed E-state index contributed by atoms with van der Waals surface area (Å²) in [5.41, 5.74) is 1.01. The van der Waals surface area contributed by atoms with Gasteiger partial charge in [-0.1, -0.05) is 55.4 Å². The van der Waals surface area contributed by atoms with Crippen LogP contribution in [0, 0.1) is 57.2 Å². The zero-order chi connectivity index (χ0) is 35.4. The molecule has 5 fully saturated rings. The van der Waals surface area contributed by atoms with Crippen molar-refractivity contribution in [3.8, 4) is 0 Å². The number of carbonyl (C=O) groups is 4. The lowest BCUT2D eigenvalue weighted by atomic mass is 9.37. The van der Waals surface area contributed by atoms with Gasteiger partial charge in [-0.3, -0.25) is 9.59 Å². The Morgan fingerprint density at radius 1 is 0.938 bits per heavy atom. The van der Waals surface area contributed by atoms with Gasteiger partial charge in [-0.25, -0.2) is 4.79 Å². The van der Waals surface area contributed by atoms with E-state index in [1.165, 1.54) is 5.57 Å². The quantitative estimate of drug-likeness (QED) is 0.202. The molecule has 0 aromatic heterocycles. The van der Waals surface area contributed by atoms with E-state index in [-0.39, 0.29) is 52.5 Å². The molecule has 8 nitrogen and oxygen atoms in total. The number of Topliss-reactive ketones (excluding diaryl/α,β-unsaturated/α-hetero) is 1. The van der Waals surface area contributed by atoms with E-state index in [0.717, 1.165) is 83.2 Å². The molecule has 5 saturated carbocycles. The van der Waals surface area contributed by atoms with Crippen LogP contribution in [-0.4, -0.2) is 54.6 Å². The van der Waals surface area contributed by atoms with E-state index in [0.29, 0.717) is 42.6 Å². The van der Waals surface area contributed by atoms with Crippen molar-refractivity contribution < 1.29 is 33.8 Å². The Labute approximate surface area is 288 Å². The van der Waals surface area contributed by atoms with Gasteiger partial charge in [-0.15, -0.1) is 0 Å². The number of esters is 1. The number of aliphatic hydroxyl groups is 1. The summed E-state index contributed by atoms with van der Waals surface area (Å²) in [5.74, 6) is 2.33. The van der Waals surface area contributed by atoms with Gasteiger partial charge in [0.25, 0.3) is 0 Å². The van der Waals surface area contributed by atoms with E-state index in [1.807, 2.05) is 0 Å². The third kappa shape index (κ3) is 6.30.